The molecule has 0 heterocycles. The minimum absolute atomic E-state index is 0. The SMILES string of the molecule is Cl.O=C(P)c1ccc(O)c(O)c1. The zero-order valence-electron chi connectivity index (χ0n) is 6.02. The molecule has 3 nitrogen and oxygen atoms in total. The van der Waals surface area contributed by atoms with Gasteiger partial charge in [0, 0.05) is 5.56 Å². The number of halogens is 1. The summed E-state index contributed by atoms with van der Waals surface area (Å²) < 4.78 is 0. The summed E-state index contributed by atoms with van der Waals surface area (Å²) in [4.78, 5) is 10.7. The number of rotatable bonds is 1. The van der Waals surface area contributed by atoms with Crippen molar-refractivity contribution in [2.45, 2.75) is 0 Å². The first-order valence-electron chi connectivity index (χ1n) is 2.93. The Hall–Kier alpha value is -0.790. The van der Waals surface area contributed by atoms with E-state index in [2.05, 4.69) is 0 Å². The quantitative estimate of drug-likeness (QED) is 0.541. The molecule has 2 N–H and O–H groups in total. The molecule has 0 saturated carbocycles. The monoisotopic (exact) mass is 206 g/mol. The lowest BCUT2D eigenvalue weighted by molar-refractivity contribution is 0.108. The van der Waals surface area contributed by atoms with Crippen molar-refractivity contribution >= 4 is 27.2 Å². The van der Waals surface area contributed by atoms with Crippen LogP contribution in [0, 0.1) is 0 Å². The van der Waals surface area contributed by atoms with Gasteiger partial charge < -0.3 is 10.2 Å². The Bertz CT molecular complexity index is 301. The standard InChI is InChI=1S/C7H7O3P.ClH/c8-5-2-1-4(7(10)11)3-6(5)9;/h1-3,8-9H,11H2;1H. The van der Waals surface area contributed by atoms with Gasteiger partial charge in [-0.25, -0.2) is 0 Å². The van der Waals surface area contributed by atoms with Gasteiger partial charge in [0.15, 0.2) is 17.0 Å². The van der Waals surface area contributed by atoms with Gasteiger partial charge in [-0.3, -0.25) is 4.79 Å². The molecule has 1 aromatic rings. The van der Waals surface area contributed by atoms with E-state index in [0.717, 1.165) is 0 Å². The maximum atomic E-state index is 10.7. The smallest absolute Gasteiger partial charge is 0.178 e. The van der Waals surface area contributed by atoms with Gasteiger partial charge in [-0.05, 0) is 18.2 Å². The first-order valence-corrected chi connectivity index (χ1v) is 3.51. The first kappa shape index (κ1) is 11.2. The molecule has 1 atom stereocenters. The minimum Gasteiger partial charge on any atom is -0.504 e. The lowest BCUT2D eigenvalue weighted by Gasteiger charge is -1.98. The van der Waals surface area contributed by atoms with Crippen molar-refractivity contribution < 1.29 is 15.0 Å². The Labute approximate surface area is 78.0 Å². The third-order valence-corrected chi connectivity index (χ3v) is 1.59. The van der Waals surface area contributed by atoms with Crippen molar-refractivity contribution in [2.24, 2.45) is 0 Å². The number of hydrogen-bond donors (Lipinski definition) is 2. The number of hydrogen-bond acceptors (Lipinski definition) is 3. The molecule has 0 amide bonds. The second-order valence-corrected chi connectivity index (χ2v) is 2.59. The number of carbonyl (C=O) groups excluding carboxylic acids is 1. The molecule has 1 unspecified atom stereocenters. The number of phenolic OH excluding ortho intramolecular Hbond substituents is 2. The highest BCUT2D eigenvalue weighted by molar-refractivity contribution is 7.41. The fraction of sp³-hybridized carbons (Fsp3) is 0. The second-order valence-electron chi connectivity index (χ2n) is 2.07. The molecule has 0 spiro atoms. The van der Waals surface area contributed by atoms with E-state index in [1.807, 2.05) is 9.24 Å². The molecule has 0 aliphatic heterocycles. The van der Waals surface area contributed by atoms with Gasteiger partial charge >= 0.3 is 0 Å². The van der Waals surface area contributed by atoms with Crippen LogP contribution in [0.5, 0.6) is 11.5 Å². The summed E-state index contributed by atoms with van der Waals surface area (Å²) in [6.07, 6.45) is 0. The third kappa shape index (κ3) is 2.36. The fourth-order valence-corrected chi connectivity index (χ4v) is 0.856. The zero-order valence-corrected chi connectivity index (χ0v) is 7.99. The summed E-state index contributed by atoms with van der Waals surface area (Å²) in [6.45, 7) is 0. The largest absolute Gasteiger partial charge is 0.504 e. The molecule has 66 valence electrons. The van der Waals surface area contributed by atoms with Crippen LogP contribution in [0.1, 0.15) is 10.4 Å². The van der Waals surface area contributed by atoms with Crippen LogP contribution >= 0.6 is 21.6 Å². The van der Waals surface area contributed by atoms with E-state index >= 15 is 0 Å². The lowest BCUT2D eigenvalue weighted by atomic mass is 10.2. The average Bonchev–Trinajstić information content (AvgIpc) is 1.94. The Morgan fingerprint density at radius 3 is 2.25 bits per heavy atom. The van der Waals surface area contributed by atoms with E-state index in [9.17, 15) is 4.79 Å². The van der Waals surface area contributed by atoms with Crippen LogP contribution in [0.2, 0.25) is 0 Å². The molecular weight excluding hydrogens is 199 g/mol. The molecule has 5 heteroatoms. The van der Waals surface area contributed by atoms with Crippen LogP contribution in [0.4, 0.5) is 0 Å². The summed E-state index contributed by atoms with van der Waals surface area (Å²) in [5.74, 6) is -0.502. The summed E-state index contributed by atoms with van der Waals surface area (Å²) in [6, 6.07) is 3.92. The third-order valence-electron chi connectivity index (χ3n) is 1.26. The second kappa shape index (κ2) is 4.29. The summed E-state index contributed by atoms with van der Waals surface area (Å²) >= 11 is 0. The molecule has 1 rings (SSSR count). The normalized spacial score (nSPS) is 8.75. The van der Waals surface area contributed by atoms with Crippen molar-refractivity contribution in [3.05, 3.63) is 23.8 Å². The molecular formula is C7H8ClO3P. The van der Waals surface area contributed by atoms with Gasteiger partial charge in [0.2, 0.25) is 0 Å². The Balaban J connectivity index is 0.00000121. The Kier molecular flexibility index (Phi) is 4.01. The lowest BCUT2D eigenvalue weighted by Crippen LogP contribution is -1.85. The van der Waals surface area contributed by atoms with Gasteiger partial charge in [-0.2, -0.15) is 0 Å². The summed E-state index contributed by atoms with van der Waals surface area (Å²) in [7, 11) is 1.98. The van der Waals surface area contributed by atoms with E-state index < -0.39 is 0 Å². The minimum atomic E-state index is -0.279. The van der Waals surface area contributed by atoms with E-state index in [0.29, 0.717) is 5.56 Å². The van der Waals surface area contributed by atoms with Crippen molar-refractivity contribution in [1.82, 2.24) is 0 Å². The number of aromatic hydroxyl groups is 2. The molecule has 0 saturated heterocycles. The molecule has 0 radical (unpaired) electrons. The van der Waals surface area contributed by atoms with Gasteiger partial charge in [-0.1, -0.05) is 9.24 Å². The average molecular weight is 207 g/mol. The molecule has 1 aromatic carbocycles. The van der Waals surface area contributed by atoms with Crippen LogP contribution < -0.4 is 0 Å². The Morgan fingerprint density at radius 2 is 1.83 bits per heavy atom. The fourth-order valence-electron chi connectivity index (χ4n) is 0.677. The van der Waals surface area contributed by atoms with Crippen molar-refractivity contribution in [3.63, 3.8) is 0 Å². The van der Waals surface area contributed by atoms with Crippen LogP contribution in [-0.4, -0.2) is 15.7 Å². The molecule has 0 aromatic heterocycles. The van der Waals surface area contributed by atoms with Crippen molar-refractivity contribution in [1.29, 1.82) is 0 Å². The molecule has 0 aliphatic rings. The maximum absolute atomic E-state index is 10.7. The zero-order chi connectivity index (χ0) is 8.43. The maximum Gasteiger partial charge on any atom is 0.178 e. The molecule has 12 heavy (non-hydrogen) atoms. The highest BCUT2D eigenvalue weighted by Gasteiger charge is 2.03. The molecule has 0 fully saturated rings. The van der Waals surface area contributed by atoms with Gasteiger partial charge in [0.1, 0.15) is 0 Å². The van der Waals surface area contributed by atoms with Crippen molar-refractivity contribution in [2.75, 3.05) is 0 Å². The predicted molar refractivity (Wildman–Crippen MR) is 51.1 cm³/mol. The predicted octanol–water partition coefficient (Wildman–Crippen LogP) is 1.53. The first-order chi connectivity index (χ1) is 5.11. The van der Waals surface area contributed by atoms with E-state index in [-0.39, 0.29) is 29.4 Å². The number of benzene rings is 1. The highest BCUT2D eigenvalue weighted by Crippen LogP contribution is 2.25. The summed E-state index contributed by atoms with van der Waals surface area (Å²) in [5, 5.41) is 17.8. The van der Waals surface area contributed by atoms with Gasteiger partial charge in [-0.15, -0.1) is 12.4 Å². The molecule has 0 bridgehead atoms. The van der Waals surface area contributed by atoms with Crippen molar-refractivity contribution in [3.8, 4) is 11.5 Å². The van der Waals surface area contributed by atoms with E-state index in [1.54, 1.807) is 0 Å². The molecule has 0 aliphatic carbocycles. The van der Waals surface area contributed by atoms with Gasteiger partial charge in [0.05, 0.1) is 0 Å². The van der Waals surface area contributed by atoms with Gasteiger partial charge in [0.25, 0.3) is 0 Å². The Morgan fingerprint density at radius 1 is 1.25 bits per heavy atom. The number of carbonyl (C=O) groups is 1. The van der Waals surface area contributed by atoms with Crippen LogP contribution in [0.15, 0.2) is 18.2 Å². The van der Waals surface area contributed by atoms with Crippen LogP contribution in [0.3, 0.4) is 0 Å². The van der Waals surface area contributed by atoms with E-state index in [1.165, 1.54) is 18.2 Å². The van der Waals surface area contributed by atoms with E-state index in [4.69, 9.17) is 10.2 Å². The van der Waals surface area contributed by atoms with Crippen LogP contribution in [0.25, 0.3) is 0 Å². The number of phenols is 2. The topological polar surface area (TPSA) is 57.5 Å². The van der Waals surface area contributed by atoms with Crippen LogP contribution in [-0.2, 0) is 0 Å². The summed E-state index contributed by atoms with van der Waals surface area (Å²) in [5.41, 5.74) is 0.130. The highest BCUT2D eigenvalue weighted by atomic mass is 35.5.